The summed E-state index contributed by atoms with van der Waals surface area (Å²) < 4.78 is 5.38. The van der Waals surface area contributed by atoms with Gasteiger partial charge in [-0.05, 0) is 46.7 Å². The Kier molecular flexibility index (Phi) is 5.14. The van der Waals surface area contributed by atoms with E-state index in [-0.39, 0.29) is 17.8 Å². The van der Waals surface area contributed by atoms with Gasteiger partial charge in [0.2, 0.25) is 5.91 Å². The molecule has 0 unspecified atom stereocenters. The fourth-order valence-corrected chi connectivity index (χ4v) is 2.05. The van der Waals surface area contributed by atoms with Crippen LogP contribution in [0.1, 0.15) is 40.0 Å². The lowest BCUT2D eigenvalue weighted by molar-refractivity contribution is -0.161. The second-order valence-corrected chi connectivity index (χ2v) is 5.87. The van der Waals surface area contributed by atoms with Gasteiger partial charge in [-0.2, -0.15) is 0 Å². The Hall–Kier alpha value is -1.10. The van der Waals surface area contributed by atoms with Crippen LogP contribution in [0.2, 0.25) is 0 Å². The molecule has 0 saturated carbocycles. The number of nitrogens with two attached hydrogens (primary N) is 1. The van der Waals surface area contributed by atoms with Crippen molar-refractivity contribution in [2.24, 2.45) is 11.7 Å². The number of carbonyl (C=O) groups excluding carboxylic acids is 2. The lowest BCUT2D eigenvalue weighted by Gasteiger charge is -2.32. The maximum absolute atomic E-state index is 11.9. The maximum atomic E-state index is 11.9. The van der Waals surface area contributed by atoms with Crippen LogP contribution >= 0.6 is 0 Å². The van der Waals surface area contributed by atoms with Crippen LogP contribution in [0.5, 0.6) is 0 Å². The molecule has 5 nitrogen and oxygen atoms in total. The molecule has 0 aromatic rings. The van der Waals surface area contributed by atoms with Crippen LogP contribution in [-0.2, 0) is 14.3 Å². The number of hydrogen-bond donors (Lipinski definition) is 1. The van der Waals surface area contributed by atoms with E-state index in [1.54, 1.807) is 0 Å². The minimum absolute atomic E-state index is 0.00551. The summed E-state index contributed by atoms with van der Waals surface area (Å²) in [6, 6.07) is 0. The molecule has 1 aliphatic rings. The summed E-state index contributed by atoms with van der Waals surface area (Å²) in [5.74, 6) is -0.379. The predicted octanol–water partition coefficient (Wildman–Crippen LogP) is 0.915. The van der Waals surface area contributed by atoms with Crippen LogP contribution in [0.3, 0.4) is 0 Å². The van der Waals surface area contributed by atoms with E-state index in [0.717, 1.165) is 25.9 Å². The molecule has 0 radical (unpaired) electrons. The largest absolute Gasteiger partial charge is 0.460 e. The van der Waals surface area contributed by atoms with Crippen LogP contribution in [0, 0.1) is 5.92 Å². The first-order chi connectivity index (χ1) is 8.28. The first-order valence-electron chi connectivity index (χ1n) is 6.51. The molecule has 0 aliphatic carbocycles. The third-order valence-corrected chi connectivity index (χ3v) is 3.00. The Morgan fingerprint density at radius 2 is 1.83 bits per heavy atom. The molecule has 0 aromatic heterocycles. The topological polar surface area (TPSA) is 72.6 Å². The van der Waals surface area contributed by atoms with Gasteiger partial charge in [0, 0.05) is 13.0 Å². The Morgan fingerprint density at radius 3 is 2.28 bits per heavy atom. The number of amides is 1. The predicted molar refractivity (Wildman–Crippen MR) is 68.8 cm³/mol. The van der Waals surface area contributed by atoms with Crippen LogP contribution < -0.4 is 5.73 Å². The highest BCUT2D eigenvalue weighted by Gasteiger charge is 2.28. The van der Waals surface area contributed by atoms with Crippen LogP contribution in [0.4, 0.5) is 0 Å². The van der Waals surface area contributed by atoms with Crippen molar-refractivity contribution in [1.82, 2.24) is 4.90 Å². The third kappa shape index (κ3) is 5.49. The molecule has 5 heteroatoms. The van der Waals surface area contributed by atoms with E-state index < -0.39 is 5.60 Å². The highest BCUT2D eigenvalue weighted by molar-refractivity contribution is 5.74. The van der Waals surface area contributed by atoms with Gasteiger partial charge in [-0.25, -0.2) is 0 Å². The molecule has 0 aromatic carbocycles. The zero-order valence-corrected chi connectivity index (χ0v) is 11.6. The summed E-state index contributed by atoms with van der Waals surface area (Å²) in [6.07, 6.45) is 1.98. The molecule has 2 N–H and O–H groups in total. The number of nitrogens with zero attached hydrogens (tertiary/aromatic N) is 1. The molecule has 0 bridgehead atoms. The Morgan fingerprint density at radius 1 is 1.28 bits per heavy atom. The number of carbonyl (C=O) groups is 2. The number of piperidine rings is 1. The molecule has 104 valence electrons. The lowest BCUT2D eigenvalue weighted by Crippen LogP contribution is -2.39. The lowest BCUT2D eigenvalue weighted by atomic mass is 9.96. The summed E-state index contributed by atoms with van der Waals surface area (Å²) in [6.45, 7) is 8.00. The second kappa shape index (κ2) is 6.18. The molecule has 0 spiro atoms. The van der Waals surface area contributed by atoms with Crippen molar-refractivity contribution in [3.63, 3.8) is 0 Å². The van der Waals surface area contributed by atoms with E-state index in [4.69, 9.17) is 10.5 Å². The van der Waals surface area contributed by atoms with Gasteiger partial charge >= 0.3 is 5.97 Å². The molecule has 1 heterocycles. The fourth-order valence-electron chi connectivity index (χ4n) is 2.05. The standard InChI is InChI=1S/C13H24N2O3/c1-13(2,3)18-12(17)10-4-7-15(8-5-10)9-6-11(14)16/h10H,4-9H2,1-3H3,(H2,14,16). The fraction of sp³-hybridized carbons (Fsp3) is 0.846. The second-order valence-electron chi connectivity index (χ2n) is 5.87. The first kappa shape index (κ1) is 15.0. The van der Waals surface area contributed by atoms with Crippen molar-refractivity contribution in [1.29, 1.82) is 0 Å². The zero-order valence-electron chi connectivity index (χ0n) is 11.6. The summed E-state index contributed by atoms with van der Waals surface area (Å²) >= 11 is 0. The smallest absolute Gasteiger partial charge is 0.309 e. The van der Waals surface area contributed by atoms with Gasteiger partial charge in [0.1, 0.15) is 5.60 Å². The minimum Gasteiger partial charge on any atom is -0.460 e. The van der Waals surface area contributed by atoms with E-state index in [0.29, 0.717) is 13.0 Å². The third-order valence-electron chi connectivity index (χ3n) is 3.00. The average Bonchev–Trinajstić information content (AvgIpc) is 2.24. The number of esters is 1. The quantitative estimate of drug-likeness (QED) is 0.759. The van der Waals surface area contributed by atoms with Gasteiger partial charge in [-0.1, -0.05) is 0 Å². The minimum atomic E-state index is -0.416. The molecule has 1 saturated heterocycles. The molecule has 18 heavy (non-hydrogen) atoms. The first-order valence-corrected chi connectivity index (χ1v) is 6.51. The number of rotatable bonds is 4. The van der Waals surface area contributed by atoms with E-state index in [1.165, 1.54) is 0 Å². The van der Waals surface area contributed by atoms with Crippen molar-refractivity contribution in [2.75, 3.05) is 19.6 Å². The van der Waals surface area contributed by atoms with E-state index >= 15 is 0 Å². The average molecular weight is 256 g/mol. The number of likely N-dealkylation sites (tertiary alicyclic amines) is 1. The van der Waals surface area contributed by atoms with Crippen molar-refractivity contribution in [3.8, 4) is 0 Å². The van der Waals surface area contributed by atoms with Crippen LogP contribution in [-0.4, -0.2) is 42.0 Å². The highest BCUT2D eigenvalue weighted by Crippen LogP contribution is 2.21. The zero-order chi connectivity index (χ0) is 13.8. The molecule has 1 aliphatic heterocycles. The van der Waals surface area contributed by atoms with Crippen molar-refractivity contribution in [2.45, 2.75) is 45.6 Å². The molecule has 0 atom stereocenters. The Labute approximate surface area is 109 Å². The molecular weight excluding hydrogens is 232 g/mol. The number of hydrogen-bond acceptors (Lipinski definition) is 4. The SMILES string of the molecule is CC(C)(C)OC(=O)C1CCN(CCC(N)=O)CC1. The maximum Gasteiger partial charge on any atom is 0.309 e. The normalized spacial score (nSPS) is 18.6. The number of ether oxygens (including phenoxy) is 1. The molecule has 1 rings (SSSR count). The van der Waals surface area contributed by atoms with E-state index in [2.05, 4.69) is 4.90 Å². The van der Waals surface area contributed by atoms with Gasteiger partial charge in [0.25, 0.3) is 0 Å². The highest BCUT2D eigenvalue weighted by atomic mass is 16.6. The van der Waals surface area contributed by atoms with Crippen molar-refractivity contribution < 1.29 is 14.3 Å². The van der Waals surface area contributed by atoms with Gasteiger partial charge < -0.3 is 15.4 Å². The monoisotopic (exact) mass is 256 g/mol. The Bertz CT molecular complexity index is 302. The van der Waals surface area contributed by atoms with Gasteiger partial charge in [-0.15, -0.1) is 0 Å². The van der Waals surface area contributed by atoms with Crippen LogP contribution in [0.25, 0.3) is 0 Å². The summed E-state index contributed by atoms with van der Waals surface area (Å²) in [4.78, 5) is 24.7. The van der Waals surface area contributed by atoms with Gasteiger partial charge in [0.15, 0.2) is 0 Å². The summed E-state index contributed by atoms with van der Waals surface area (Å²) in [5, 5.41) is 0. The summed E-state index contributed by atoms with van der Waals surface area (Å²) in [7, 11) is 0. The van der Waals surface area contributed by atoms with Gasteiger partial charge in [0.05, 0.1) is 5.92 Å². The van der Waals surface area contributed by atoms with Crippen molar-refractivity contribution >= 4 is 11.9 Å². The van der Waals surface area contributed by atoms with Crippen molar-refractivity contribution in [3.05, 3.63) is 0 Å². The Balaban J connectivity index is 2.30. The van der Waals surface area contributed by atoms with Crippen LogP contribution in [0.15, 0.2) is 0 Å². The van der Waals surface area contributed by atoms with E-state index in [9.17, 15) is 9.59 Å². The molecular formula is C13H24N2O3. The van der Waals surface area contributed by atoms with Gasteiger partial charge in [-0.3, -0.25) is 9.59 Å². The molecule has 1 fully saturated rings. The van der Waals surface area contributed by atoms with E-state index in [1.807, 2.05) is 20.8 Å². The molecule has 1 amide bonds. The summed E-state index contributed by atoms with van der Waals surface area (Å²) in [5.41, 5.74) is 4.70. The number of primary amides is 1.